The number of rotatable bonds is 7. The molecule has 1 amide bonds. The normalized spacial score (nSPS) is 11.6. The predicted molar refractivity (Wildman–Crippen MR) is 121 cm³/mol. The summed E-state index contributed by atoms with van der Waals surface area (Å²) in [5, 5.41) is 16.0. The summed E-state index contributed by atoms with van der Waals surface area (Å²) in [5.41, 5.74) is 5.42. The maximum atomic E-state index is 12.3. The lowest BCUT2D eigenvalue weighted by molar-refractivity contribution is -0.113. The molecule has 9 nitrogen and oxygen atoms in total. The van der Waals surface area contributed by atoms with E-state index in [1.54, 1.807) is 0 Å². The third-order valence-corrected chi connectivity index (χ3v) is 5.95. The Morgan fingerprint density at radius 2 is 1.93 bits per heavy atom. The van der Waals surface area contributed by atoms with Crippen LogP contribution in [0.25, 0.3) is 10.2 Å². The minimum Gasteiger partial charge on any atom is -0.334 e. The number of hydrogen-bond donors (Lipinski definition) is 3. The lowest BCUT2D eigenvalue weighted by Gasteiger charge is -2.04. The number of para-hydroxylation sites is 1. The molecule has 4 N–H and O–H groups in total. The van der Waals surface area contributed by atoms with Crippen molar-refractivity contribution in [3.05, 3.63) is 60.2 Å². The Balaban J connectivity index is 1.34. The van der Waals surface area contributed by atoms with Gasteiger partial charge in [0, 0.05) is 0 Å². The molecule has 0 atom stereocenters. The van der Waals surface area contributed by atoms with Crippen molar-refractivity contribution in [1.82, 2.24) is 19.9 Å². The lowest BCUT2D eigenvalue weighted by Crippen LogP contribution is -2.17. The van der Waals surface area contributed by atoms with E-state index in [4.69, 9.17) is 5.84 Å². The number of thiazole rings is 1. The number of hydrazone groups is 1. The Hall–Kier alpha value is -3.44. The molecule has 0 saturated heterocycles. The van der Waals surface area contributed by atoms with Crippen LogP contribution in [0.2, 0.25) is 0 Å². The van der Waals surface area contributed by atoms with E-state index >= 15 is 0 Å². The summed E-state index contributed by atoms with van der Waals surface area (Å²) >= 11 is 2.60. The van der Waals surface area contributed by atoms with E-state index in [2.05, 4.69) is 31.0 Å². The summed E-state index contributed by atoms with van der Waals surface area (Å²) in [7, 11) is 0. The number of anilines is 2. The molecule has 4 rings (SSSR count). The number of nitrogen functional groups attached to an aromatic ring is 1. The fourth-order valence-electron chi connectivity index (χ4n) is 2.54. The van der Waals surface area contributed by atoms with E-state index in [0.29, 0.717) is 10.3 Å². The Kier molecular flexibility index (Phi) is 5.91. The molecule has 0 fully saturated rings. The number of nitrogens with zero attached hydrogens (tertiary/aromatic N) is 5. The molecule has 152 valence electrons. The largest absolute Gasteiger partial charge is 0.334 e. The summed E-state index contributed by atoms with van der Waals surface area (Å²) in [6.07, 6.45) is 0. The van der Waals surface area contributed by atoms with Crippen LogP contribution in [0, 0.1) is 0 Å². The second kappa shape index (κ2) is 8.93. The van der Waals surface area contributed by atoms with Gasteiger partial charge in [0.1, 0.15) is 0 Å². The number of nitrogens with two attached hydrogens (primary N) is 1. The molecule has 2 aromatic carbocycles. The average Bonchev–Trinajstić information content (AvgIpc) is 3.33. The molecular weight excluding hydrogens is 420 g/mol. The molecule has 4 aromatic rings. The van der Waals surface area contributed by atoms with Gasteiger partial charge in [-0.25, -0.2) is 15.1 Å². The van der Waals surface area contributed by atoms with E-state index in [9.17, 15) is 4.79 Å². The van der Waals surface area contributed by atoms with Gasteiger partial charge < -0.3 is 11.2 Å². The number of amides is 1. The molecule has 0 radical (unpaired) electrons. The van der Waals surface area contributed by atoms with Gasteiger partial charge in [0.25, 0.3) is 5.95 Å². The molecule has 0 saturated carbocycles. The highest BCUT2D eigenvalue weighted by Crippen LogP contribution is 2.25. The van der Waals surface area contributed by atoms with Crippen LogP contribution in [0.3, 0.4) is 0 Å². The number of carbonyl (C=O) groups excluding carboxylic acids is 1. The van der Waals surface area contributed by atoms with Crippen molar-refractivity contribution in [1.29, 1.82) is 0 Å². The maximum Gasteiger partial charge on any atom is 0.264 e. The molecule has 0 aliphatic carbocycles. The van der Waals surface area contributed by atoms with Crippen molar-refractivity contribution in [2.24, 2.45) is 5.10 Å². The van der Waals surface area contributed by atoms with Crippen molar-refractivity contribution in [2.45, 2.75) is 12.1 Å². The Bertz CT molecular complexity index is 1170. The molecular formula is C19H18N8OS2. The van der Waals surface area contributed by atoms with Gasteiger partial charge in [-0.3, -0.25) is 4.79 Å². The molecule has 0 bridgehead atoms. The highest BCUT2D eigenvalue weighted by Gasteiger charge is 2.13. The van der Waals surface area contributed by atoms with Crippen LogP contribution in [0.4, 0.5) is 11.1 Å². The van der Waals surface area contributed by atoms with Gasteiger partial charge in [-0.2, -0.15) is 5.10 Å². The first-order valence-corrected chi connectivity index (χ1v) is 10.7. The van der Waals surface area contributed by atoms with Gasteiger partial charge in [-0.15, -0.1) is 10.2 Å². The number of thioether (sulfide) groups is 1. The molecule has 0 unspecified atom stereocenters. The van der Waals surface area contributed by atoms with Gasteiger partial charge in [0.2, 0.25) is 11.1 Å². The van der Waals surface area contributed by atoms with Crippen molar-refractivity contribution in [3.8, 4) is 0 Å². The van der Waals surface area contributed by atoms with Crippen LogP contribution in [0.1, 0.15) is 12.5 Å². The van der Waals surface area contributed by atoms with Gasteiger partial charge in [-0.1, -0.05) is 65.6 Å². The monoisotopic (exact) mass is 438 g/mol. The molecule has 2 heterocycles. The van der Waals surface area contributed by atoms with E-state index in [1.165, 1.54) is 27.8 Å². The quantitative estimate of drug-likeness (QED) is 0.175. The van der Waals surface area contributed by atoms with E-state index < -0.39 is 0 Å². The minimum atomic E-state index is -0.200. The van der Waals surface area contributed by atoms with Crippen LogP contribution in [0.5, 0.6) is 0 Å². The summed E-state index contributed by atoms with van der Waals surface area (Å²) in [4.78, 5) is 16.6. The summed E-state index contributed by atoms with van der Waals surface area (Å²) in [5.74, 6) is 6.22. The summed E-state index contributed by atoms with van der Waals surface area (Å²) in [6, 6.07) is 17.5. The molecule has 0 spiro atoms. The van der Waals surface area contributed by atoms with Crippen molar-refractivity contribution >= 4 is 56.0 Å². The van der Waals surface area contributed by atoms with Gasteiger partial charge >= 0.3 is 0 Å². The number of aromatic nitrogens is 4. The number of carbonyl (C=O) groups is 1. The fraction of sp³-hybridized carbons (Fsp3) is 0.105. The number of benzene rings is 2. The van der Waals surface area contributed by atoms with Crippen LogP contribution in [-0.2, 0) is 4.79 Å². The van der Waals surface area contributed by atoms with Crippen LogP contribution in [0.15, 0.2) is 64.9 Å². The zero-order valence-corrected chi connectivity index (χ0v) is 17.6. The standard InChI is InChI=1S/C19H18N8OS2/c1-12(13-7-3-2-4-8-13)23-24-17-25-26-19(27(17)20)29-11-16(28)22-18-21-14-9-5-6-10-15(14)30-18/h2-10H,11,20H2,1H3,(H,24,25)(H,21,22,28)/b23-12+. The van der Waals surface area contributed by atoms with E-state index in [0.717, 1.165) is 21.5 Å². The molecule has 2 aromatic heterocycles. The lowest BCUT2D eigenvalue weighted by atomic mass is 10.1. The fourth-order valence-corrected chi connectivity index (χ4v) is 4.08. The number of nitrogens with one attached hydrogen (secondary N) is 2. The Morgan fingerprint density at radius 1 is 1.17 bits per heavy atom. The predicted octanol–water partition coefficient (Wildman–Crippen LogP) is 3.17. The van der Waals surface area contributed by atoms with Gasteiger partial charge in [0.05, 0.1) is 21.7 Å². The first-order chi connectivity index (χ1) is 14.6. The van der Waals surface area contributed by atoms with Crippen molar-refractivity contribution < 1.29 is 4.79 Å². The first kappa shape index (κ1) is 19.9. The van der Waals surface area contributed by atoms with Crippen LogP contribution < -0.4 is 16.6 Å². The number of hydrogen-bond acceptors (Lipinski definition) is 9. The second-order valence-corrected chi connectivity index (χ2v) is 8.15. The van der Waals surface area contributed by atoms with Crippen molar-refractivity contribution in [2.75, 3.05) is 22.3 Å². The van der Waals surface area contributed by atoms with Gasteiger partial charge in [-0.05, 0) is 24.6 Å². The topological polar surface area (TPSA) is 123 Å². The van der Waals surface area contributed by atoms with Crippen LogP contribution >= 0.6 is 23.1 Å². The van der Waals surface area contributed by atoms with E-state index in [-0.39, 0.29) is 17.6 Å². The molecule has 30 heavy (non-hydrogen) atoms. The summed E-state index contributed by atoms with van der Waals surface area (Å²) in [6.45, 7) is 1.88. The average molecular weight is 439 g/mol. The van der Waals surface area contributed by atoms with Crippen LogP contribution in [-0.4, -0.2) is 37.2 Å². The van der Waals surface area contributed by atoms with Crippen molar-refractivity contribution in [3.63, 3.8) is 0 Å². The third kappa shape index (κ3) is 4.58. The molecule has 11 heteroatoms. The molecule has 0 aliphatic rings. The Labute approximate surface area is 180 Å². The Morgan fingerprint density at radius 3 is 2.73 bits per heavy atom. The highest BCUT2D eigenvalue weighted by atomic mass is 32.2. The third-order valence-electron chi connectivity index (χ3n) is 4.05. The summed E-state index contributed by atoms with van der Waals surface area (Å²) < 4.78 is 2.28. The zero-order valence-electron chi connectivity index (χ0n) is 15.9. The second-order valence-electron chi connectivity index (χ2n) is 6.17. The SMILES string of the molecule is C/C(=N\Nc1nnc(SCC(=O)Nc2nc3ccccc3s2)n1N)c1ccccc1. The highest BCUT2D eigenvalue weighted by molar-refractivity contribution is 7.99. The molecule has 0 aliphatic heterocycles. The zero-order chi connectivity index (χ0) is 20.9. The smallest absolute Gasteiger partial charge is 0.264 e. The maximum absolute atomic E-state index is 12.3. The van der Waals surface area contributed by atoms with E-state index in [1.807, 2.05) is 61.5 Å². The first-order valence-electron chi connectivity index (χ1n) is 8.94. The number of fused-ring (bicyclic) bond motifs is 1. The van der Waals surface area contributed by atoms with Gasteiger partial charge in [0.15, 0.2) is 5.13 Å². The minimum absolute atomic E-state index is 0.123.